The molecule has 2 fully saturated rings. The van der Waals surface area contributed by atoms with Gasteiger partial charge in [-0.25, -0.2) is 0 Å². The van der Waals surface area contributed by atoms with Crippen LogP contribution in [0.4, 0.5) is 0 Å². The number of likely N-dealkylation sites (tertiary alicyclic amines) is 1. The van der Waals surface area contributed by atoms with E-state index in [1.807, 2.05) is 17.0 Å². The fraction of sp³-hybridized carbons (Fsp3) is 0.500. The van der Waals surface area contributed by atoms with Gasteiger partial charge in [0.2, 0.25) is 0 Å². The fourth-order valence-electron chi connectivity index (χ4n) is 3.95. The molecule has 1 heterocycles. The van der Waals surface area contributed by atoms with Crippen LogP contribution in [-0.2, 0) is 17.6 Å². The maximum atomic E-state index is 12.5. The number of nitrogens with zero attached hydrogens (tertiary/aromatic N) is 1. The Kier molecular flexibility index (Phi) is 2.43. The highest BCUT2D eigenvalue weighted by molar-refractivity contribution is 5.95. The summed E-state index contributed by atoms with van der Waals surface area (Å²) in [5, 5.41) is 9.00. The third kappa shape index (κ3) is 1.67. The van der Waals surface area contributed by atoms with Gasteiger partial charge in [0.15, 0.2) is 0 Å². The highest BCUT2D eigenvalue weighted by atomic mass is 16.4. The van der Waals surface area contributed by atoms with Crippen molar-refractivity contribution < 1.29 is 14.7 Å². The van der Waals surface area contributed by atoms with E-state index in [2.05, 4.69) is 6.07 Å². The molecule has 4 heteroatoms. The van der Waals surface area contributed by atoms with Crippen molar-refractivity contribution in [1.29, 1.82) is 0 Å². The van der Waals surface area contributed by atoms with Gasteiger partial charge >= 0.3 is 5.97 Å². The van der Waals surface area contributed by atoms with Crippen molar-refractivity contribution in [1.82, 2.24) is 4.90 Å². The van der Waals surface area contributed by atoms with Gasteiger partial charge in [-0.15, -0.1) is 0 Å². The van der Waals surface area contributed by atoms with E-state index in [9.17, 15) is 9.59 Å². The second-order valence-electron chi connectivity index (χ2n) is 6.24. The van der Waals surface area contributed by atoms with Crippen LogP contribution in [-0.4, -0.2) is 35.0 Å². The van der Waals surface area contributed by atoms with Crippen molar-refractivity contribution >= 4 is 11.9 Å². The number of hydrogen-bond donors (Lipinski definition) is 1. The number of aliphatic carboxylic acids is 1. The van der Waals surface area contributed by atoms with E-state index >= 15 is 0 Å². The summed E-state index contributed by atoms with van der Waals surface area (Å²) in [4.78, 5) is 25.2. The minimum Gasteiger partial charge on any atom is -0.481 e. The highest BCUT2D eigenvalue weighted by Gasteiger charge is 2.60. The number of aryl methyl sites for hydroxylation is 2. The van der Waals surface area contributed by atoms with E-state index in [1.165, 1.54) is 17.5 Å². The number of fused-ring (bicyclic) bond motifs is 2. The molecule has 1 saturated heterocycles. The predicted molar refractivity (Wildman–Crippen MR) is 72.5 cm³/mol. The molecule has 4 rings (SSSR count). The summed E-state index contributed by atoms with van der Waals surface area (Å²) in [6.07, 6.45) is 3.38. The van der Waals surface area contributed by atoms with Crippen LogP contribution < -0.4 is 0 Å². The van der Waals surface area contributed by atoms with E-state index in [0.29, 0.717) is 13.1 Å². The molecule has 4 nitrogen and oxygen atoms in total. The van der Waals surface area contributed by atoms with Crippen LogP contribution in [0.1, 0.15) is 27.9 Å². The number of carboxylic acid groups (broad SMARTS) is 1. The Morgan fingerprint density at radius 2 is 1.80 bits per heavy atom. The number of amides is 1. The molecule has 2 unspecified atom stereocenters. The van der Waals surface area contributed by atoms with Crippen molar-refractivity contribution in [3.05, 3.63) is 34.9 Å². The quantitative estimate of drug-likeness (QED) is 0.888. The lowest BCUT2D eigenvalue weighted by Crippen LogP contribution is -2.32. The first-order valence-corrected chi connectivity index (χ1v) is 7.29. The van der Waals surface area contributed by atoms with Crippen molar-refractivity contribution in [2.75, 3.05) is 13.1 Å². The summed E-state index contributed by atoms with van der Waals surface area (Å²) < 4.78 is 0. The summed E-state index contributed by atoms with van der Waals surface area (Å²) in [6.45, 7) is 1.22. The lowest BCUT2D eigenvalue weighted by molar-refractivity contribution is -0.139. The second-order valence-corrected chi connectivity index (χ2v) is 6.24. The topological polar surface area (TPSA) is 57.6 Å². The van der Waals surface area contributed by atoms with E-state index < -0.39 is 5.97 Å². The van der Waals surface area contributed by atoms with Gasteiger partial charge in [-0.2, -0.15) is 0 Å². The van der Waals surface area contributed by atoms with Crippen LogP contribution in [0.3, 0.4) is 0 Å². The Morgan fingerprint density at radius 3 is 2.50 bits per heavy atom. The number of benzene rings is 1. The Balaban J connectivity index is 1.48. The zero-order chi connectivity index (χ0) is 13.9. The number of rotatable bonds is 2. The Bertz CT molecular complexity index is 598. The van der Waals surface area contributed by atoms with Crippen molar-refractivity contribution in [2.45, 2.75) is 19.3 Å². The van der Waals surface area contributed by atoms with E-state index in [1.54, 1.807) is 0 Å². The van der Waals surface area contributed by atoms with Crippen molar-refractivity contribution in [2.24, 2.45) is 17.8 Å². The molecule has 1 N–H and O–H groups in total. The Labute approximate surface area is 117 Å². The molecule has 0 radical (unpaired) electrons. The summed E-state index contributed by atoms with van der Waals surface area (Å²) in [7, 11) is 0. The lowest BCUT2D eigenvalue weighted by atomic mass is 10.1. The molecule has 1 amide bonds. The van der Waals surface area contributed by atoms with Gasteiger partial charge in [-0.3, -0.25) is 9.59 Å². The normalized spacial score (nSPS) is 30.0. The van der Waals surface area contributed by atoms with Crippen LogP contribution in [0.5, 0.6) is 0 Å². The maximum Gasteiger partial charge on any atom is 0.307 e. The number of hydrogen-bond acceptors (Lipinski definition) is 2. The minimum atomic E-state index is -0.704. The van der Waals surface area contributed by atoms with Gasteiger partial charge in [0.25, 0.3) is 5.91 Å². The first-order valence-electron chi connectivity index (χ1n) is 7.29. The lowest BCUT2D eigenvalue weighted by Gasteiger charge is -2.19. The van der Waals surface area contributed by atoms with Crippen LogP contribution in [0.2, 0.25) is 0 Å². The molecule has 0 aromatic heterocycles. The summed E-state index contributed by atoms with van der Waals surface area (Å²) in [5.41, 5.74) is 3.44. The minimum absolute atomic E-state index is 0.0658. The third-order valence-electron chi connectivity index (χ3n) is 5.11. The zero-order valence-electron chi connectivity index (χ0n) is 11.2. The van der Waals surface area contributed by atoms with Gasteiger partial charge < -0.3 is 10.0 Å². The first-order chi connectivity index (χ1) is 9.65. The summed E-state index contributed by atoms with van der Waals surface area (Å²) in [6, 6.07) is 6.03. The molecule has 2 aliphatic carbocycles. The molecule has 1 aromatic rings. The fourth-order valence-corrected chi connectivity index (χ4v) is 3.95. The van der Waals surface area contributed by atoms with Gasteiger partial charge in [0, 0.05) is 18.7 Å². The van der Waals surface area contributed by atoms with E-state index in [4.69, 9.17) is 5.11 Å². The molecule has 20 heavy (non-hydrogen) atoms. The molecular weight excluding hydrogens is 254 g/mol. The van der Waals surface area contributed by atoms with Crippen LogP contribution in [0.25, 0.3) is 0 Å². The van der Waals surface area contributed by atoms with Crippen molar-refractivity contribution in [3.8, 4) is 0 Å². The summed E-state index contributed by atoms with van der Waals surface area (Å²) >= 11 is 0. The van der Waals surface area contributed by atoms with E-state index in [0.717, 1.165) is 18.4 Å². The third-order valence-corrected chi connectivity index (χ3v) is 5.11. The molecule has 1 aromatic carbocycles. The SMILES string of the molecule is O=C(O)C1C2CN(C(=O)c3ccc4c(c3)CCC4)CC21. The maximum absolute atomic E-state index is 12.5. The standard InChI is InChI=1S/C16H17NO3/c18-15(11-5-4-9-2-1-3-10(9)6-11)17-7-12-13(8-17)14(12)16(19)20/h4-6,12-14H,1-3,7-8H2,(H,19,20). The Morgan fingerprint density at radius 1 is 1.10 bits per heavy atom. The molecule has 1 aliphatic heterocycles. The van der Waals surface area contributed by atoms with Crippen LogP contribution in [0, 0.1) is 17.8 Å². The smallest absolute Gasteiger partial charge is 0.307 e. The van der Waals surface area contributed by atoms with Crippen LogP contribution >= 0.6 is 0 Å². The van der Waals surface area contributed by atoms with Crippen molar-refractivity contribution in [3.63, 3.8) is 0 Å². The summed E-state index contributed by atoms with van der Waals surface area (Å²) in [5.74, 6) is -0.475. The first kappa shape index (κ1) is 11.9. The highest BCUT2D eigenvalue weighted by Crippen LogP contribution is 2.51. The Hall–Kier alpha value is -1.84. The average molecular weight is 271 g/mol. The molecule has 3 aliphatic rings. The predicted octanol–water partition coefficient (Wildman–Crippen LogP) is 1.58. The van der Waals surface area contributed by atoms with E-state index in [-0.39, 0.29) is 23.7 Å². The zero-order valence-corrected chi connectivity index (χ0v) is 11.2. The molecule has 0 spiro atoms. The van der Waals surface area contributed by atoms with Gasteiger partial charge in [-0.05, 0) is 54.4 Å². The number of carbonyl (C=O) groups is 2. The van der Waals surface area contributed by atoms with Gasteiger partial charge in [0.1, 0.15) is 0 Å². The van der Waals surface area contributed by atoms with Crippen LogP contribution in [0.15, 0.2) is 18.2 Å². The largest absolute Gasteiger partial charge is 0.481 e. The molecule has 0 bridgehead atoms. The number of carboxylic acids is 1. The molecule has 1 saturated carbocycles. The second kappa shape index (κ2) is 4.08. The number of carbonyl (C=O) groups excluding carboxylic acids is 1. The molecule has 2 atom stereocenters. The molecule has 104 valence electrons. The average Bonchev–Trinajstić information content (AvgIpc) is 2.82. The number of piperidine rings is 1. The molecular formula is C16H17NO3. The monoisotopic (exact) mass is 271 g/mol. The van der Waals surface area contributed by atoms with Gasteiger partial charge in [-0.1, -0.05) is 6.07 Å². The van der Waals surface area contributed by atoms with Gasteiger partial charge in [0.05, 0.1) is 5.92 Å².